The molecule has 2 aromatic carbocycles. The number of benzene rings is 2. The SMILES string of the molecule is Nc1[nH]cc2cc(NC(=O)[C@H](O)[C@H]3OCCN(c4ccc5c[nH]c(O)c5c4)C3=O)ccc12. The number of carbonyl (C=O) groups excluding carboxylic acids is 2. The molecule has 0 radical (unpaired) electrons. The maximum absolute atomic E-state index is 13.0. The van der Waals surface area contributed by atoms with Crippen LogP contribution in [-0.2, 0) is 14.3 Å². The molecule has 2 atom stereocenters. The van der Waals surface area contributed by atoms with Gasteiger partial charge in [0.2, 0.25) is 0 Å². The van der Waals surface area contributed by atoms with Crippen LogP contribution in [0.2, 0.25) is 0 Å². The average Bonchev–Trinajstić information content (AvgIpc) is 3.35. The van der Waals surface area contributed by atoms with Gasteiger partial charge in [-0.15, -0.1) is 0 Å². The van der Waals surface area contributed by atoms with Crippen molar-refractivity contribution < 1.29 is 24.5 Å². The number of aliphatic hydroxyl groups excluding tert-OH is 1. The number of hydrogen-bond donors (Lipinski definition) is 6. The number of carbonyl (C=O) groups is 2. The van der Waals surface area contributed by atoms with Crippen molar-refractivity contribution in [3.8, 4) is 5.88 Å². The molecule has 2 amide bonds. The molecule has 2 aromatic heterocycles. The first kappa shape index (κ1) is 19.9. The minimum atomic E-state index is -1.71. The lowest BCUT2D eigenvalue weighted by atomic mass is 10.1. The molecule has 1 aliphatic rings. The van der Waals surface area contributed by atoms with E-state index in [1.165, 1.54) is 4.90 Å². The number of aliphatic hydroxyl groups is 1. The molecule has 164 valence electrons. The van der Waals surface area contributed by atoms with Gasteiger partial charge in [0.25, 0.3) is 11.8 Å². The predicted molar refractivity (Wildman–Crippen MR) is 119 cm³/mol. The zero-order valence-electron chi connectivity index (χ0n) is 16.8. The van der Waals surface area contributed by atoms with Crippen LogP contribution in [0.3, 0.4) is 0 Å². The smallest absolute Gasteiger partial charge is 0.259 e. The van der Waals surface area contributed by atoms with Crippen molar-refractivity contribution in [2.45, 2.75) is 12.2 Å². The number of aromatic nitrogens is 2. The van der Waals surface area contributed by atoms with E-state index >= 15 is 0 Å². The Morgan fingerprint density at radius 1 is 1.16 bits per heavy atom. The molecule has 0 saturated carbocycles. The summed E-state index contributed by atoms with van der Waals surface area (Å²) in [6.07, 6.45) is 0.306. The van der Waals surface area contributed by atoms with Crippen LogP contribution in [0.5, 0.6) is 5.88 Å². The van der Waals surface area contributed by atoms with Gasteiger partial charge in [-0.1, -0.05) is 6.07 Å². The van der Waals surface area contributed by atoms with Gasteiger partial charge in [0.05, 0.1) is 6.61 Å². The third-order valence-electron chi connectivity index (χ3n) is 5.64. The molecule has 10 nitrogen and oxygen atoms in total. The van der Waals surface area contributed by atoms with E-state index in [9.17, 15) is 19.8 Å². The Morgan fingerprint density at radius 3 is 2.81 bits per heavy atom. The summed E-state index contributed by atoms with van der Waals surface area (Å²) in [7, 11) is 0. The maximum atomic E-state index is 13.0. The van der Waals surface area contributed by atoms with E-state index in [0.29, 0.717) is 22.6 Å². The lowest BCUT2D eigenvalue weighted by molar-refractivity contribution is -0.150. The summed E-state index contributed by atoms with van der Waals surface area (Å²) in [5, 5.41) is 26.1. The number of aromatic hydroxyl groups is 1. The Morgan fingerprint density at radius 2 is 1.97 bits per heavy atom. The fraction of sp³-hybridized carbons (Fsp3) is 0.182. The summed E-state index contributed by atoms with van der Waals surface area (Å²) in [6, 6.07) is 10.3. The van der Waals surface area contributed by atoms with Crippen LogP contribution in [0.25, 0.3) is 21.5 Å². The van der Waals surface area contributed by atoms with Crippen LogP contribution in [0.15, 0.2) is 48.8 Å². The molecule has 0 bridgehead atoms. The molecule has 0 spiro atoms. The zero-order chi connectivity index (χ0) is 22.4. The summed E-state index contributed by atoms with van der Waals surface area (Å²) in [5.41, 5.74) is 6.81. The lowest BCUT2D eigenvalue weighted by Gasteiger charge is -2.34. The first-order chi connectivity index (χ1) is 15.4. The van der Waals surface area contributed by atoms with Gasteiger partial charge in [-0.25, -0.2) is 0 Å². The number of hydrogen-bond acceptors (Lipinski definition) is 6. The highest BCUT2D eigenvalue weighted by molar-refractivity contribution is 6.05. The largest absolute Gasteiger partial charge is 0.494 e. The van der Waals surface area contributed by atoms with Crippen LogP contribution in [0.4, 0.5) is 17.2 Å². The highest BCUT2D eigenvalue weighted by atomic mass is 16.5. The number of anilines is 3. The standard InChI is InChI=1S/C22H21N5O5/c23-19-15-4-2-13(7-12(15)10-24-19)26-21(30)17(28)18-22(31)27(5-6-32-18)14-3-1-11-9-25-20(29)16(11)8-14/h1-4,7-10,17-18,24-25,28-29H,5-6,23H2,(H,26,30)/t17-,18-/m1/s1. The lowest BCUT2D eigenvalue weighted by Crippen LogP contribution is -2.55. The Bertz CT molecular complexity index is 1340. The number of rotatable bonds is 4. The van der Waals surface area contributed by atoms with E-state index in [2.05, 4.69) is 15.3 Å². The van der Waals surface area contributed by atoms with Crippen LogP contribution >= 0.6 is 0 Å². The highest BCUT2D eigenvalue weighted by Gasteiger charge is 2.39. The van der Waals surface area contributed by atoms with E-state index in [1.54, 1.807) is 48.8 Å². The third kappa shape index (κ3) is 3.31. The Hall–Kier alpha value is -4.02. The first-order valence-electron chi connectivity index (χ1n) is 10.0. The van der Waals surface area contributed by atoms with Crippen molar-refractivity contribution in [3.05, 3.63) is 48.8 Å². The van der Waals surface area contributed by atoms with Gasteiger partial charge in [0, 0.05) is 51.9 Å². The Labute approximate surface area is 181 Å². The second-order valence-corrected chi connectivity index (χ2v) is 7.63. The van der Waals surface area contributed by atoms with Gasteiger partial charge in [-0.2, -0.15) is 0 Å². The van der Waals surface area contributed by atoms with E-state index in [-0.39, 0.29) is 19.0 Å². The topological polar surface area (TPSA) is 157 Å². The monoisotopic (exact) mass is 435 g/mol. The number of nitrogens with two attached hydrogens (primary N) is 1. The fourth-order valence-electron chi connectivity index (χ4n) is 3.95. The number of nitrogen functional groups attached to an aromatic ring is 1. The van der Waals surface area contributed by atoms with Crippen molar-refractivity contribution in [1.29, 1.82) is 0 Å². The molecule has 0 aliphatic carbocycles. The number of aromatic amines is 2. The fourth-order valence-corrected chi connectivity index (χ4v) is 3.95. The predicted octanol–water partition coefficient (Wildman–Crippen LogP) is 1.67. The van der Waals surface area contributed by atoms with Crippen molar-refractivity contribution in [2.24, 2.45) is 0 Å². The van der Waals surface area contributed by atoms with Gasteiger partial charge in [-0.3, -0.25) is 9.59 Å². The summed E-state index contributed by atoms with van der Waals surface area (Å²) in [6.45, 7) is 0.401. The van der Waals surface area contributed by atoms with E-state index in [4.69, 9.17) is 10.5 Å². The molecule has 10 heteroatoms. The van der Waals surface area contributed by atoms with Gasteiger partial charge in [0.15, 0.2) is 18.1 Å². The quantitative estimate of drug-likeness (QED) is 0.286. The molecular weight excluding hydrogens is 414 g/mol. The maximum Gasteiger partial charge on any atom is 0.259 e. The number of fused-ring (bicyclic) bond motifs is 2. The number of H-pyrrole nitrogens is 2. The van der Waals surface area contributed by atoms with Crippen LogP contribution in [-0.4, -0.2) is 57.4 Å². The van der Waals surface area contributed by atoms with Crippen LogP contribution in [0, 0.1) is 0 Å². The van der Waals surface area contributed by atoms with E-state index in [0.717, 1.165) is 16.2 Å². The van der Waals surface area contributed by atoms with Crippen molar-refractivity contribution in [3.63, 3.8) is 0 Å². The van der Waals surface area contributed by atoms with Crippen LogP contribution in [0.1, 0.15) is 0 Å². The zero-order valence-corrected chi connectivity index (χ0v) is 16.8. The van der Waals surface area contributed by atoms with Gasteiger partial charge >= 0.3 is 0 Å². The normalized spacial score (nSPS) is 17.7. The summed E-state index contributed by atoms with van der Waals surface area (Å²) in [5.74, 6) is -0.779. The first-order valence-corrected chi connectivity index (χ1v) is 10.0. The van der Waals surface area contributed by atoms with E-state index in [1.807, 2.05) is 0 Å². The molecule has 4 aromatic rings. The molecular formula is C22H21N5O5. The van der Waals surface area contributed by atoms with E-state index < -0.39 is 24.0 Å². The molecule has 1 fully saturated rings. The van der Waals surface area contributed by atoms with Gasteiger partial charge in [-0.05, 0) is 30.3 Å². The number of morpholine rings is 1. The number of amides is 2. The summed E-state index contributed by atoms with van der Waals surface area (Å²) < 4.78 is 5.45. The number of ether oxygens (including phenoxy) is 1. The molecule has 32 heavy (non-hydrogen) atoms. The van der Waals surface area contributed by atoms with Crippen LogP contribution < -0.4 is 16.0 Å². The average molecular weight is 435 g/mol. The second-order valence-electron chi connectivity index (χ2n) is 7.63. The molecule has 7 N–H and O–H groups in total. The van der Waals surface area contributed by atoms with Gasteiger partial charge in [0.1, 0.15) is 5.82 Å². The molecule has 5 rings (SSSR count). The number of nitrogens with one attached hydrogen (secondary N) is 3. The highest BCUT2D eigenvalue weighted by Crippen LogP contribution is 2.30. The Balaban J connectivity index is 1.33. The number of nitrogens with zero attached hydrogens (tertiary/aromatic N) is 1. The van der Waals surface area contributed by atoms with Crippen molar-refractivity contribution >= 4 is 50.6 Å². The minimum absolute atomic E-state index is 0.000307. The minimum Gasteiger partial charge on any atom is -0.494 e. The molecule has 3 heterocycles. The molecule has 0 unspecified atom stereocenters. The second kappa shape index (κ2) is 7.59. The molecule has 1 aliphatic heterocycles. The third-order valence-corrected chi connectivity index (χ3v) is 5.64. The van der Waals surface area contributed by atoms with Crippen molar-refractivity contribution in [2.75, 3.05) is 29.1 Å². The van der Waals surface area contributed by atoms with Crippen molar-refractivity contribution in [1.82, 2.24) is 9.97 Å². The molecule has 1 saturated heterocycles. The van der Waals surface area contributed by atoms with Gasteiger partial charge < -0.3 is 40.9 Å². The summed E-state index contributed by atoms with van der Waals surface area (Å²) >= 11 is 0. The Kier molecular flexibility index (Phi) is 4.72. The summed E-state index contributed by atoms with van der Waals surface area (Å²) in [4.78, 5) is 32.7.